The summed E-state index contributed by atoms with van der Waals surface area (Å²) >= 11 is 0. The van der Waals surface area contributed by atoms with Crippen molar-refractivity contribution in [3.05, 3.63) is 35.9 Å². The lowest BCUT2D eigenvalue weighted by molar-refractivity contribution is 0.0560. The molecule has 1 aliphatic heterocycles. The van der Waals surface area contributed by atoms with Gasteiger partial charge < -0.3 is 9.84 Å². The van der Waals surface area contributed by atoms with E-state index in [1.807, 2.05) is 30.3 Å². The zero-order valence-corrected chi connectivity index (χ0v) is 13.7. The van der Waals surface area contributed by atoms with Crippen LogP contribution in [0.3, 0.4) is 0 Å². The maximum Gasteiger partial charge on any atom is 0.410 e. The molecule has 0 saturated carbocycles. The van der Waals surface area contributed by atoms with Crippen LogP contribution in [0.25, 0.3) is 0 Å². The van der Waals surface area contributed by atoms with Crippen LogP contribution in [0.4, 0.5) is 4.79 Å². The van der Waals surface area contributed by atoms with Gasteiger partial charge in [-0.25, -0.2) is 4.79 Å². The van der Waals surface area contributed by atoms with Crippen LogP contribution in [0.5, 0.6) is 0 Å². The number of ether oxygens (including phenoxy) is 1. The number of hydrogen-bond donors (Lipinski definition) is 1. The molecule has 128 valence electrons. The highest BCUT2D eigenvalue weighted by atomic mass is 32.2. The molecular weight excluding hydrogens is 322 g/mol. The summed E-state index contributed by atoms with van der Waals surface area (Å²) in [7, 11) is -3.58. The van der Waals surface area contributed by atoms with Gasteiger partial charge in [0.05, 0.1) is 31.6 Å². The Morgan fingerprint density at radius 3 is 2.52 bits per heavy atom. The van der Waals surface area contributed by atoms with Gasteiger partial charge in [0.2, 0.25) is 0 Å². The summed E-state index contributed by atoms with van der Waals surface area (Å²) < 4.78 is 32.3. The molecule has 0 spiro atoms. The molecule has 0 aromatic heterocycles. The van der Waals surface area contributed by atoms with Crippen molar-refractivity contribution in [3.63, 3.8) is 0 Å². The van der Waals surface area contributed by atoms with Crippen molar-refractivity contribution in [1.29, 1.82) is 0 Å². The highest BCUT2D eigenvalue weighted by molar-refractivity contribution is 7.85. The van der Waals surface area contributed by atoms with Gasteiger partial charge in [0.1, 0.15) is 6.61 Å². The number of aliphatic hydroxyl groups excluding tert-OH is 1. The summed E-state index contributed by atoms with van der Waals surface area (Å²) in [6.45, 7) is -0.209. The highest BCUT2D eigenvalue weighted by Gasteiger charge is 2.38. The van der Waals surface area contributed by atoms with Crippen LogP contribution < -0.4 is 0 Å². The lowest BCUT2D eigenvalue weighted by Gasteiger charge is -2.28. The van der Waals surface area contributed by atoms with E-state index >= 15 is 0 Å². The van der Waals surface area contributed by atoms with E-state index in [0.29, 0.717) is 12.8 Å². The Hall–Kier alpha value is -1.64. The van der Waals surface area contributed by atoms with Crippen LogP contribution in [-0.2, 0) is 25.6 Å². The first-order chi connectivity index (χ1) is 10.9. The van der Waals surface area contributed by atoms with E-state index < -0.39 is 22.3 Å². The first kappa shape index (κ1) is 17.7. The quantitative estimate of drug-likeness (QED) is 0.778. The molecule has 0 unspecified atom stereocenters. The van der Waals surface area contributed by atoms with Crippen LogP contribution in [0.2, 0.25) is 0 Å². The zero-order chi connectivity index (χ0) is 16.9. The maximum atomic E-state index is 12.3. The van der Waals surface area contributed by atoms with Gasteiger partial charge >= 0.3 is 6.09 Å². The first-order valence-electron chi connectivity index (χ1n) is 7.35. The molecule has 1 saturated heterocycles. The van der Waals surface area contributed by atoms with Crippen molar-refractivity contribution in [1.82, 2.24) is 4.90 Å². The lowest BCUT2D eigenvalue weighted by atomic mass is 10.2. The zero-order valence-electron chi connectivity index (χ0n) is 12.9. The minimum absolute atomic E-state index is 0.119. The van der Waals surface area contributed by atoms with Gasteiger partial charge in [0.15, 0.2) is 0 Å². The minimum Gasteiger partial charge on any atom is -0.445 e. The highest BCUT2D eigenvalue weighted by Crippen LogP contribution is 2.25. The molecule has 1 aromatic rings. The Kier molecular flexibility index (Phi) is 5.97. The van der Waals surface area contributed by atoms with E-state index in [-0.39, 0.29) is 25.9 Å². The summed E-state index contributed by atoms with van der Waals surface area (Å²) in [5, 5.41) is 9.41. The first-order valence-corrected chi connectivity index (χ1v) is 9.16. The Morgan fingerprint density at radius 2 is 1.91 bits per heavy atom. The van der Waals surface area contributed by atoms with Gasteiger partial charge in [-0.15, -0.1) is 0 Å². The molecule has 23 heavy (non-hydrogen) atoms. The Balaban J connectivity index is 1.98. The molecule has 7 nitrogen and oxygen atoms in total. The van der Waals surface area contributed by atoms with E-state index in [1.165, 1.54) is 4.90 Å². The number of nitrogens with zero attached hydrogens (tertiary/aromatic N) is 1. The average Bonchev–Trinajstić information content (AvgIpc) is 2.94. The summed E-state index contributed by atoms with van der Waals surface area (Å²) in [4.78, 5) is 13.7. The predicted octanol–water partition coefficient (Wildman–Crippen LogP) is 1.12. The largest absolute Gasteiger partial charge is 0.445 e. The fourth-order valence-electron chi connectivity index (χ4n) is 2.60. The fourth-order valence-corrected chi connectivity index (χ4v) is 3.00. The fraction of sp³-hybridized carbons (Fsp3) is 0.533. The maximum absolute atomic E-state index is 12.3. The number of aliphatic hydroxyl groups is 1. The SMILES string of the molecule is CS(=O)(=O)OC[C@H]1CC[C@@H](CO)N1C(=O)OCc1ccccc1. The summed E-state index contributed by atoms with van der Waals surface area (Å²) in [6, 6.07) is 8.43. The van der Waals surface area contributed by atoms with E-state index in [0.717, 1.165) is 11.8 Å². The van der Waals surface area contributed by atoms with Gasteiger partial charge in [-0.2, -0.15) is 8.42 Å². The minimum atomic E-state index is -3.58. The second-order valence-corrected chi connectivity index (χ2v) is 7.15. The second kappa shape index (κ2) is 7.76. The number of rotatable bonds is 6. The van der Waals surface area contributed by atoms with E-state index in [4.69, 9.17) is 8.92 Å². The van der Waals surface area contributed by atoms with Crippen molar-refractivity contribution in [3.8, 4) is 0 Å². The number of carbonyl (C=O) groups excluding carboxylic acids is 1. The summed E-state index contributed by atoms with van der Waals surface area (Å²) in [5.74, 6) is 0. The lowest BCUT2D eigenvalue weighted by Crippen LogP contribution is -2.45. The molecule has 1 heterocycles. The van der Waals surface area contributed by atoms with E-state index in [1.54, 1.807) is 0 Å². The molecule has 1 amide bonds. The molecule has 0 radical (unpaired) electrons. The molecule has 2 rings (SSSR count). The molecule has 1 fully saturated rings. The van der Waals surface area contributed by atoms with Crippen molar-refractivity contribution in [2.24, 2.45) is 0 Å². The average molecular weight is 343 g/mol. The van der Waals surface area contributed by atoms with E-state index in [2.05, 4.69) is 0 Å². The van der Waals surface area contributed by atoms with Gasteiger partial charge in [-0.05, 0) is 18.4 Å². The number of hydrogen-bond acceptors (Lipinski definition) is 6. The molecule has 1 aliphatic rings. The molecule has 1 aromatic carbocycles. The second-order valence-electron chi connectivity index (χ2n) is 5.50. The smallest absolute Gasteiger partial charge is 0.410 e. The normalized spacial score (nSPS) is 21.4. The van der Waals surface area contributed by atoms with Crippen LogP contribution in [0, 0.1) is 0 Å². The van der Waals surface area contributed by atoms with Crippen molar-refractivity contribution < 1.29 is 27.2 Å². The standard InChI is InChI=1S/C15H21NO6S/c1-23(19,20)22-11-14-8-7-13(9-17)16(14)15(18)21-10-12-5-3-2-4-6-12/h2-6,13-14,17H,7-11H2,1H3/t13-,14+/m0/s1. The van der Waals surface area contributed by atoms with Crippen LogP contribution in [-0.4, -0.2) is 56.1 Å². The van der Waals surface area contributed by atoms with Gasteiger partial charge in [-0.1, -0.05) is 30.3 Å². The van der Waals surface area contributed by atoms with Crippen LogP contribution in [0.15, 0.2) is 30.3 Å². The van der Waals surface area contributed by atoms with Gasteiger partial charge in [0.25, 0.3) is 10.1 Å². The van der Waals surface area contributed by atoms with Crippen molar-refractivity contribution >= 4 is 16.2 Å². The summed E-state index contributed by atoms with van der Waals surface area (Å²) in [5.41, 5.74) is 0.851. The third kappa shape index (κ3) is 5.19. The predicted molar refractivity (Wildman–Crippen MR) is 83.2 cm³/mol. The molecular formula is C15H21NO6S. The van der Waals surface area contributed by atoms with Gasteiger partial charge in [0, 0.05) is 0 Å². The molecule has 0 bridgehead atoms. The van der Waals surface area contributed by atoms with Crippen molar-refractivity contribution in [2.45, 2.75) is 31.5 Å². The topological polar surface area (TPSA) is 93.1 Å². The Bertz CT molecular complexity index is 618. The van der Waals surface area contributed by atoms with Crippen LogP contribution >= 0.6 is 0 Å². The van der Waals surface area contributed by atoms with E-state index in [9.17, 15) is 18.3 Å². The number of benzene rings is 1. The van der Waals surface area contributed by atoms with Crippen molar-refractivity contribution in [2.75, 3.05) is 19.5 Å². The molecule has 8 heteroatoms. The number of carbonyl (C=O) groups is 1. The van der Waals surface area contributed by atoms with Crippen LogP contribution in [0.1, 0.15) is 18.4 Å². The monoisotopic (exact) mass is 343 g/mol. The molecule has 0 aliphatic carbocycles. The Morgan fingerprint density at radius 1 is 1.26 bits per heavy atom. The summed E-state index contributed by atoms with van der Waals surface area (Å²) in [6.07, 6.45) is 1.52. The Labute approximate surface area is 135 Å². The third-order valence-corrected chi connectivity index (χ3v) is 4.29. The van der Waals surface area contributed by atoms with Gasteiger partial charge in [-0.3, -0.25) is 9.08 Å². The third-order valence-electron chi connectivity index (χ3n) is 3.72. The molecule has 1 N–H and O–H groups in total. The number of amides is 1. The number of likely N-dealkylation sites (tertiary alicyclic amines) is 1. The molecule has 2 atom stereocenters.